The zero-order valence-corrected chi connectivity index (χ0v) is 17.0. The van der Waals surface area contributed by atoms with E-state index in [0.29, 0.717) is 28.4 Å². The summed E-state index contributed by atoms with van der Waals surface area (Å²) in [5.41, 5.74) is 1.69. The molecule has 0 saturated heterocycles. The minimum atomic E-state index is -0.390. The van der Waals surface area contributed by atoms with Crippen molar-refractivity contribution in [2.75, 3.05) is 13.1 Å². The molecule has 2 aromatic carbocycles. The Kier molecular flexibility index (Phi) is 7.42. The van der Waals surface area contributed by atoms with Gasteiger partial charge in [0.2, 0.25) is 23.5 Å². The van der Waals surface area contributed by atoms with Gasteiger partial charge in [0.05, 0.1) is 6.42 Å². The molecule has 7 nitrogen and oxygen atoms in total. The number of carbonyl (C=O) groups is 2. The summed E-state index contributed by atoms with van der Waals surface area (Å²) in [5, 5.41) is 9.21. The Morgan fingerprint density at radius 1 is 1.03 bits per heavy atom. The van der Waals surface area contributed by atoms with Gasteiger partial charge >= 0.3 is 0 Å². The molecule has 0 spiro atoms. The summed E-state index contributed by atoms with van der Waals surface area (Å²) in [7, 11) is 0. The molecule has 0 aliphatic heterocycles. The van der Waals surface area contributed by atoms with Crippen LogP contribution in [0.15, 0.2) is 47.0 Å². The van der Waals surface area contributed by atoms with Gasteiger partial charge in [-0.05, 0) is 48.4 Å². The smallest absolute Gasteiger partial charge is 0.227 e. The first-order valence-electron chi connectivity index (χ1n) is 9.77. The fourth-order valence-corrected chi connectivity index (χ4v) is 2.86. The molecule has 0 aliphatic carbocycles. The molecule has 0 radical (unpaired) electrons. The topological polar surface area (TPSA) is 97.1 Å². The maximum Gasteiger partial charge on any atom is 0.227 e. The third-order valence-electron chi connectivity index (χ3n) is 4.47. The van der Waals surface area contributed by atoms with Gasteiger partial charge in [-0.2, -0.15) is 4.98 Å². The predicted octanol–water partition coefficient (Wildman–Crippen LogP) is 2.73. The lowest BCUT2D eigenvalue weighted by atomic mass is 10.1. The summed E-state index contributed by atoms with van der Waals surface area (Å²) in [6.07, 6.45) is 0.463. The highest BCUT2D eigenvalue weighted by Crippen LogP contribution is 2.19. The molecular formula is C22H22F2N4O3. The van der Waals surface area contributed by atoms with E-state index < -0.39 is 5.82 Å². The Morgan fingerprint density at radius 3 is 2.55 bits per heavy atom. The molecule has 0 saturated carbocycles. The van der Waals surface area contributed by atoms with Crippen LogP contribution in [0.4, 0.5) is 8.78 Å². The number of nitrogens with one attached hydrogen (secondary N) is 2. The molecule has 3 aromatic rings. The fourth-order valence-electron chi connectivity index (χ4n) is 2.86. The lowest BCUT2D eigenvalue weighted by Crippen LogP contribution is -2.35. The van der Waals surface area contributed by atoms with Crippen LogP contribution < -0.4 is 10.6 Å². The molecule has 31 heavy (non-hydrogen) atoms. The highest BCUT2D eigenvalue weighted by molar-refractivity contribution is 5.79. The van der Waals surface area contributed by atoms with E-state index in [9.17, 15) is 18.4 Å². The molecule has 2 N–H and O–H groups in total. The fraction of sp³-hybridized carbons (Fsp3) is 0.273. The van der Waals surface area contributed by atoms with Gasteiger partial charge in [-0.3, -0.25) is 9.59 Å². The molecule has 0 aliphatic rings. The van der Waals surface area contributed by atoms with Gasteiger partial charge in [-0.15, -0.1) is 0 Å². The molecule has 0 fully saturated rings. The van der Waals surface area contributed by atoms with Crippen LogP contribution in [0.3, 0.4) is 0 Å². The number of halogens is 2. The van der Waals surface area contributed by atoms with Gasteiger partial charge < -0.3 is 15.2 Å². The van der Waals surface area contributed by atoms with Crippen LogP contribution in [0.1, 0.15) is 23.4 Å². The number of carbonyl (C=O) groups excluding carboxylic acids is 2. The van der Waals surface area contributed by atoms with Crippen LogP contribution in [-0.2, 0) is 22.4 Å². The summed E-state index contributed by atoms with van der Waals surface area (Å²) in [6.45, 7) is 2.17. The number of rotatable bonds is 9. The number of hydrogen-bond acceptors (Lipinski definition) is 5. The van der Waals surface area contributed by atoms with Gasteiger partial charge in [0.15, 0.2) is 0 Å². The van der Waals surface area contributed by atoms with Crippen LogP contribution in [0.5, 0.6) is 0 Å². The summed E-state index contributed by atoms with van der Waals surface area (Å²) >= 11 is 0. The normalized spacial score (nSPS) is 10.7. The average Bonchev–Trinajstić information content (AvgIpc) is 3.21. The number of nitrogens with zero attached hydrogens (tertiary/aromatic N) is 2. The Morgan fingerprint density at radius 2 is 1.81 bits per heavy atom. The minimum Gasteiger partial charge on any atom is -0.354 e. The second kappa shape index (κ2) is 10.4. The largest absolute Gasteiger partial charge is 0.354 e. The molecule has 0 bridgehead atoms. The number of benzene rings is 2. The molecule has 2 amide bonds. The number of aryl methyl sites for hydroxylation is 2. The number of amides is 2. The second-order valence-corrected chi connectivity index (χ2v) is 6.98. The molecule has 0 unspecified atom stereocenters. The van der Waals surface area contributed by atoms with Gasteiger partial charge in [0, 0.05) is 31.5 Å². The molecule has 9 heteroatoms. The van der Waals surface area contributed by atoms with Crippen molar-refractivity contribution in [2.45, 2.75) is 26.2 Å². The monoisotopic (exact) mass is 428 g/mol. The lowest BCUT2D eigenvalue weighted by molar-refractivity contribution is -0.122. The molecule has 1 heterocycles. The van der Waals surface area contributed by atoms with E-state index in [2.05, 4.69) is 20.8 Å². The number of aromatic nitrogens is 2. The molecule has 1 aromatic heterocycles. The van der Waals surface area contributed by atoms with Crippen LogP contribution >= 0.6 is 0 Å². The van der Waals surface area contributed by atoms with Crippen molar-refractivity contribution in [3.8, 4) is 11.4 Å². The first kappa shape index (κ1) is 22.1. The zero-order valence-electron chi connectivity index (χ0n) is 17.0. The Bertz CT molecular complexity index is 1070. The van der Waals surface area contributed by atoms with Crippen LogP contribution in [0.2, 0.25) is 0 Å². The standard InChI is InChI=1S/C22H22F2N4O3/c1-14-11-16(5-6-18(14)24)22-27-21(31-28-22)8-7-19(29)25-9-10-26-20(30)13-15-3-2-4-17(23)12-15/h2-6,11-12H,7-10,13H2,1H3,(H,25,29)(H,26,30). The predicted molar refractivity (Wildman–Crippen MR) is 109 cm³/mol. The first-order chi connectivity index (χ1) is 14.9. The number of hydrogen-bond donors (Lipinski definition) is 2. The Hall–Kier alpha value is -3.62. The summed E-state index contributed by atoms with van der Waals surface area (Å²) in [6, 6.07) is 10.4. The van der Waals surface area contributed by atoms with Gasteiger partial charge in [0.1, 0.15) is 11.6 Å². The molecule has 162 valence electrons. The third kappa shape index (κ3) is 6.70. The van der Waals surface area contributed by atoms with Crippen molar-refractivity contribution in [3.63, 3.8) is 0 Å². The summed E-state index contributed by atoms with van der Waals surface area (Å²) < 4.78 is 31.6. The minimum absolute atomic E-state index is 0.0682. The van der Waals surface area contributed by atoms with E-state index in [0.717, 1.165) is 0 Å². The molecule has 0 atom stereocenters. The highest BCUT2D eigenvalue weighted by Gasteiger charge is 2.12. The van der Waals surface area contributed by atoms with E-state index in [4.69, 9.17) is 4.52 Å². The van der Waals surface area contributed by atoms with E-state index in [1.54, 1.807) is 31.2 Å². The lowest BCUT2D eigenvalue weighted by Gasteiger charge is -2.07. The maximum absolute atomic E-state index is 13.4. The summed E-state index contributed by atoms with van der Waals surface area (Å²) in [5.74, 6) is -0.547. The van der Waals surface area contributed by atoms with Crippen molar-refractivity contribution in [1.82, 2.24) is 20.8 Å². The Balaban J connectivity index is 1.35. The van der Waals surface area contributed by atoms with Crippen molar-refractivity contribution >= 4 is 11.8 Å². The highest BCUT2D eigenvalue weighted by atomic mass is 19.1. The first-order valence-corrected chi connectivity index (χ1v) is 9.77. The van der Waals surface area contributed by atoms with E-state index in [1.807, 2.05) is 0 Å². The average molecular weight is 428 g/mol. The van der Waals surface area contributed by atoms with Gasteiger partial charge in [-0.1, -0.05) is 17.3 Å². The summed E-state index contributed by atoms with van der Waals surface area (Å²) in [4.78, 5) is 28.0. The van der Waals surface area contributed by atoms with Crippen molar-refractivity contribution in [3.05, 3.63) is 71.1 Å². The second-order valence-electron chi connectivity index (χ2n) is 6.98. The van der Waals surface area contributed by atoms with Crippen molar-refractivity contribution in [2.24, 2.45) is 0 Å². The van der Waals surface area contributed by atoms with Crippen LogP contribution in [0.25, 0.3) is 11.4 Å². The SMILES string of the molecule is Cc1cc(-c2noc(CCC(=O)NCCNC(=O)Cc3cccc(F)c3)n2)ccc1F. The molecular weight excluding hydrogens is 406 g/mol. The van der Waals surface area contributed by atoms with E-state index >= 15 is 0 Å². The quantitative estimate of drug-likeness (QED) is 0.511. The van der Waals surface area contributed by atoms with Gasteiger partial charge in [0.25, 0.3) is 0 Å². The van der Waals surface area contributed by atoms with E-state index in [1.165, 1.54) is 18.2 Å². The maximum atomic E-state index is 13.4. The van der Waals surface area contributed by atoms with Crippen molar-refractivity contribution < 1.29 is 22.9 Å². The third-order valence-corrected chi connectivity index (χ3v) is 4.47. The Labute approximate surface area is 177 Å². The zero-order chi connectivity index (χ0) is 22.2. The van der Waals surface area contributed by atoms with E-state index in [-0.39, 0.29) is 50.0 Å². The van der Waals surface area contributed by atoms with Crippen molar-refractivity contribution in [1.29, 1.82) is 0 Å². The van der Waals surface area contributed by atoms with Gasteiger partial charge in [-0.25, -0.2) is 8.78 Å². The molecule has 3 rings (SSSR count). The van der Waals surface area contributed by atoms with Crippen LogP contribution in [-0.4, -0.2) is 35.0 Å². The van der Waals surface area contributed by atoms with Crippen LogP contribution in [0, 0.1) is 18.6 Å².